The molecular formula is C13H17BrO2. The van der Waals surface area contributed by atoms with E-state index in [-0.39, 0.29) is 11.8 Å². The molecule has 0 aliphatic rings. The molecule has 0 unspecified atom stereocenters. The highest BCUT2D eigenvalue weighted by Gasteiger charge is 2.26. The van der Waals surface area contributed by atoms with Gasteiger partial charge in [-0.3, -0.25) is 4.79 Å². The summed E-state index contributed by atoms with van der Waals surface area (Å²) in [5.41, 5.74) is 3.04. The second-order valence-electron chi connectivity index (χ2n) is 4.87. The van der Waals surface area contributed by atoms with E-state index < -0.39 is 5.97 Å². The zero-order valence-corrected chi connectivity index (χ0v) is 11.7. The molecule has 0 saturated carbocycles. The summed E-state index contributed by atoms with van der Waals surface area (Å²) in [7, 11) is 0. The Hall–Kier alpha value is -0.830. The number of carbonyl (C=O) groups is 1. The van der Waals surface area contributed by atoms with Gasteiger partial charge in [-0.25, -0.2) is 0 Å². The smallest absolute Gasteiger partial charge is 0.304 e. The van der Waals surface area contributed by atoms with E-state index in [1.807, 2.05) is 33.8 Å². The Morgan fingerprint density at radius 2 is 1.88 bits per heavy atom. The molecule has 0 aromatic heterocycles. The normalized spacial score (nSPS) is 11.6. The van der Waals surface area contributed by atoms with E-state index in [0.717, 1.165) is 21.2 Å². The van der Waals surface area contributed by atoms with Crippen molar-refractivity contribution >= 4 is 21.9 Å². The van der Waals surface area contributed by atoms with Crippen LogP contribution in [-0.4, -0.2) is 11.1 Å². The lowest BCUT2D eigenvalue weighted by atomic mass is 9.79. The van der Waals surface area contributed by atoms with Gasteiger partial charge in [0.1, 0.15) is 0 Å². The zero-order chi connectivity index (χ0) is 12.5. The minimum Gasteiger partial charge on any atom is -0.481 e. The lowest BCUT2D eigenvalue weighted by molar-refractivity contribution is -0.138. The second kappa shape index (κ2) is 4.58. The van der Waals surface area contributed by atoms with Gasteiger partial charge in [0, 0.05) is 9.89 Å². The van der Waals surface area contributed by atoms with E-state index in [4.69, 9.17) is 5.11 Å². The molecule has 1 aromatic carbocycles. The highest BCUT2D eigenvalue weighted by molar-refractivity contribution is 9.10. The minimum atomic E-state index is -0.759. The maximum absolute atomic E-state index is 10.8. The fourth-order valence-corrected chi connectivity index (χ4v) is 2.44. The standard InChI is InChI=1S/C13H17BrO2/c1-8-6-11(14)9(2)5-10(8)13(3,4)7-12(15)16/h5-6H,7H2,1-4H3,(H,15,16). The van der Waals surface area contributed by atoms with E-state index in [0.29, 0.717) is 0 Å². The molecule has 0 radical (unpaired) electrons. The van der Waals surface area contributed by atoms with Crippen LogP contribution >= 0.6 is 15.9 Å². The number of aliphatic carboxylic acids is 1. The predicted octanol–water partition coefficient (Wildman–Crippen LogP) is 3.82. The van der Waals surface area contributed by atoms with Gasteiger partial charge in [0.15, 0.2) is 0 Å². The summed E-state index contributed by atoms with van der Waals surface area (Å²) in [5, 5.41) is 8.92. The first kappa shape index (κ1) is 13.2. The van der Waals surface area contributed by atoms with Gasteiger partial charge in [-0.05, 0) is 36.6 Å². The first-order chi connectivity index (χ1) is 7.24. The Bertz CT molecular complexity index is 422. The first-order valence-corrected chi connectivity index (χ1v) is 6.02. The van der Waals surface area contributed by atoms with Crippen molar-refractivity contribution in [3.63, 3.8) is 0 Å². The highest BCUT2D eigenvalue weighted by Crippen LogP contribution is 2.32. The number of hydrogen-bond donors (Lipinski definition) is 1. The van der Waals surface area contributed by atoms with Gasteiger partial charge in [0.25, 0.3) is 0 Å². The lowest BCUT2D eigenvalue weighted by Crippen LogP contribution is -2.23. The molecule has 88 valence electrons. The van der Waals surface area contributed by atoms with Crippen LogP contribution in [0.5, 0.6) is 0 Å². The SMILES string of the molecule is Cc1cc(C(C)(C)CC(=O)O)c(C)cc1Br. The average Bonchev–Trinajstić information content (AvgIpc) is 2.08. The van der Waals surface area contributed by atoms with Crippen molar-refractivity contribution in [1.29, 1.82) is 0 Å². The number of carboxylic acids is 1. The van der Waals surface area contributed by atoms with Crippen molar-refractivity contribution in [2.45, 2.75) is 39.5 Å². The molecule has 0 heterocycles. The molecule has 0 aliphatic carbocycles. The fraction of sp³-hybridized carbons (Fsp3) is 0.462. The number of rotatable bonds is 3. The summed E-state index contributed by atoms with van der Waals surface area (Å²) in [5.74, 6) is -0.759. The number of halogens is 1. The molecule has 0 fully saturated rings. The van der Waals surface area contributed by atoms with Gasteiger partial charge >= 0.3 is 5.97 Å². The van der Waals surface area contributed by atoms with E-state index >= 15 is 0 Å². The van der Waals surface area contributed by atoms with Gasteiger partial charge in [0.05, 0.1) is 6.42 Å². The maximum Gasteiger partial charge on any atom is 0.304 e. The van der Waals surface area contributed by atoms with Crippen LogP contribution in [0.15, 0.2) is 16.6 Å². The Morgan fingerprint density at radius 1 is 1.31 bits per heavy atom. The quantitative estimate of drug-likeness (QED) is 0.916. The molecule has 0 bridgehead atoms. The molecule has 2 nitrogen and oxygen atoms in total. The molecule has 0 spiro atoms. The largest absolute Gasteiger partial charge is 0.481 e. The number of hydrogen-bond acceptors (Lipinski definition) is 1. The summed E-state index contributed by atoms with van der Waals surface area (Å²) in [6.07, 6.45) is 0.148. The number of benzene rings is 1. The molecule has 1 aromatic rings. The summed E-state index contributed by atoms with van der Waals surface area (Å²) in [6.45, 7) is 7.97. The number of aryl methyl sites for hydroxylation is 2. The molecule has 1 rings (SSSR count). The average molecular weight is 285 g/mol. The van der Waals surface area contributed by atoms with Crippen molar-refractivity contribution in [3.05, 3.63) is 33.3 Å². The topological polar surface area (TPSA) is 37.3 Å². The Kier molecular flexibility index (Phi) is 3.79. The molecule has 16 heavy (non-hydrogen) atoms. The highest BCUT2D eigenvalue weighted by atomic mass is 79.9. The lowest BCUT2D eigenvalue weighted by Gasteiger charge is -2.26. The molecule has 0 atom stereocenters. The Balaban J connectivity index is 3.22. The van der Waals surface area contributed by atoms with Crippen LogP contribution in [0.25, 0.3) is 0 Å². The fourth-order valence-electron chi connectivity index (χ4n) is 1.98. The van der Waals surface area contributed by atoms with Crippen molar-refractivity contribution in [1.82, 2.24) is 0 Å². The van der Waals surface area contributed by atoms with Crippen LogP contribution in [0, 0.1) is 13.8 Å². The third-order valence-electron chi connectivity index (χ3n) is 2.83. The third-order valence-corrected chi connectivity index (χ3v) is 3.68. The van der Waals surface area contributed by atoms with Crippen LogP contribution in [0.1, 0.15) is 37.0 Å². The third kappa shape index (κ3) is 2.85. The van der Waals surface area contributed by atoms with Crippen LogP contribution in [0.2, 0.25) is 0 Å². The summed E-state index contributed by atoms with van der Waals surface area (Å²) in [4.78, 5) is 10.8. The summed E-state index contributed by atoms with van der Waals surface area (Å²) in [6, 6.07) is 4.12. The molecular weight excluding hydrogens is 268 g/mol. The Morgan fingerprint density at radius 3 is 2.38 bits per heavy atom. The van der Waals surface area contributed by atoms with E-state index in [2.05, 4.69) is 22.0 Å². The van der Waals surface area contributed by atoms with Gasteiger partial charge < -0.3 is 5.11 Å². The molecule has 3 heteroatoms. The predicted molar refractivity (Wildman–Crippen MR) is 68.9 cm³/mol. The van der Waals surface area contributed by atoms with Gasteiger partial charge in [-0.15, -0.1) is 0 Å². The molecule has 1 N–H and O–H groups in total. The monoisotopic (exact) mass is 284 g/mol. The van der Waals surface area contributed by atoms with Crippen LogP contribution < -0.4 is 0 Å². The van der Waals surface area contributed by atoms with Crippen LogP contribution in [0.3, 0.4) is 0 Å². The van der Waals surface area contributed by atoms with E-state index in [1.54, 1.807) is 0 Å². The summed E-state index contributed by atoms with van der Waals surface area (Å²) < 4.78 is 1.07. The molecule has 0 amide bonds. The van der Waals surface area contributed by atoms with Crippen molar-refractivity contribution in [2.24, 2.45) is 0 Å². The number of carboxylic acid groups (broad SMARTS) is 1. The maximum atomic E-state index is 10.8. The van der Waals surface area contributed by atoms with Gasteiger partial charge in [-0.2, -0.15) is 0 Å². The first-order valence-electron chi connectivity index (χ1n) is 5.23. The van der Waals surface area contributed by atoms with E-state index in [1.165, 1.54) is 0 Å². The van der Waals surface area contributed by atoms with Crippen molar-refractivity contribution in [3.8, 4) is 0 Å². The Labute approximate surface area is 105 Å². The molecule has 0 aliphatic heterocycles. The summed E-state index contributed by atoms with van der Waals surface area (Å²) >= 11 is 3.48. The van der Waals surface area contributed by atoms with Crippen LogP contribution in [0.4, 0.5) is 0 Å². The van der Waals surface area contributed by atoms with Gasteiger partial charge in [-0.1, -0.05) is 35.8 Å². The second-order valence-corrected chi connectivity index (χ2v) is 5.73. The molecule has 0 saturated heterocycles. The van der Waals surface area contributed by atoms with Crippen molar-refractivity contribution in [2.75, 3.05) is 0 Å². The van der Waals surface area contributed by atoms with E-state index in [9.17, 15) is 4.79 Å². The minimum absolute atomic E-state index is 0.148. The van der Waals surface area contributed by atoms with Crippen LogP contribution in [-0.2, 0) is 10.2 Å². The zero-order valence-electron chi connectivity index (χ0n) is 10.1. The van der Waals surface area contributed by atoms with Crippen molar-refractivity contribution < 1.29 is 9.90 Å². The van der Waals surface area contributed by atoms with Gasteiger partial charge in [0.2, 0.25) is 0 Å².